The van der Waals surface area contributed by atoms with E-state index in [4.69, 9.17) is 4.98 Å². The van der Waals surface area contributed by atoms with Crippen molar-refractivity contribution in [3.05, 3.63) is 115 Å². The number of nitrogens with zero attached hydrogens (tertiary/aromatic N) is 4. The third-order valence-electron chi connectivity index (χ3n) is 6.03. The molecule has 6 nitrogen and oxygen atoms in total. The molecule has 0 radical (unpaired) electrons. The number of benzene rings is 3. The molecule has 168 valence electrons. The van der Waals surface area contributed by atoms with Gasteiger partial charge in [-0.3, -0.25) is 9.78 Å². The van der Waals surface area contributed by atoms with Crippen LogP contribution >= 0.6 is 0 Å². The highest BCUT2D eigenvalue weighted by molar-refractivity contribution is 6.12. The average Bonchev–Trinajstić information content (AvgIpc) is 3.33. The van der Waals surface area contributed by atoms with E-state index in [2.05, 4.69) is 39.7 Å². The Morgan fingerprint density at radius 1 is 0.857 bits per heavy atom. The van der Waals surface area contributed by atoms with Gasteiger partial charge >= 0.3 is 0 Å². The quantitative estimate of drug-likeness (QED) is 0.344. The van der Waals surface area contributed by atoms with Crippen LogP contribution in [0.1, 0.15) is 15.9 Å². The van der Waals surface area contributed by atoms with Crippen molar-refractivity contribution in [3.8, 4) is 16.9 Å². The number of pyridine rings is 2. The Kier molecular flexibility index (Phi) is 5.04. The lowest BCUT2D eigenvalue weighted by Crippen LogP contribution is -2.13. The lowest BCUT2D eigenvalue weighted by Gasteiger charge is -2.10. The molecule has 3 aromatic carbocycles. The molecule has 0 atom stereocenters. The van der Waals surface area contributed by atoms with E-state index >= 15 is 0 Å². The van der Waals surface area contributed by atoms with Gasteiger partial charge in [0, 0.05) is 11.8 Å². The van der Waals surface area contributed by atoms with Crippen molar-refractivity contribution < 1.29 is 4.79 Å². The van der Waals surface area contributed by atoms with Gasteiger partial charge in [0.25, 0.3) is 5.91 Å². The van der Waals surface area contributed by atoms with Gasteiger partial charge in [-0.25, -0.2) is 9.67 Å². The predicted molar refractivity (Wildman–Crippen MR) is 139 cm³/mol. The predicted octanol–water partition coefficient (Wildman–Crippen LogP) is 6.20. The summed E-state index contributed by atoms with van der Waals surface area (Å²) in [7, 11) is 0. The van der Waals surface area contributed by atoms with Gasteiger partial charge in [-0.1, -0.05) is 54.1 Å². The minimum Gasteiger partial charge on any atom is -0.321 e. The van der Waals surface area contributed by atoms with Crippen LogP contribution in [0.15, 0.2) is 104 Å². The molecule has 0 spiro atoms. The van der Waals surface area contributed by atoms with Gasteiger partial charge in [-0.05, 0) is 54.1 Å². The number of anilines is 1. The maximum atomic E-state index is 13.4. The second-order valence-electron chi connectivity index (χ2n) is 8.44. The molecule has 0 saturated carbocycles. The molecular formula is C29H21N5O. The summed E-state index contributed by atoms with van der Waals surface area (Å²) in [6, 6.07) is 27.9. The van der Waals surface area contributed by atoms with Crippen LogP contribution in [0.2, 0.25) is 0 Å². The number of fused-ring (bicyclic) bond motifs is 2. The third kappa shape index (κ3) is 3.91. The Hall–Kier alpha value is -4.84. The molecule has 6 heteroatoms. The maximum absolute atomic E-state index is 13.4. The van der Waals surface area contributed by atoms with Crippen LogP contribution in [-0.4, -0.2) is 25.7 Å². The second-order valence-corrected chi connectivity index (χ2v) is 8.44. The molecule has 6 rings (SSSR count). The average molecular weight is 456 g/mol. The van der Waals surface area contributed by atoms with E-state index in [-0.39, 0.29) is 5.91 Å². The standard InChI is InChI=1S/C29H21N5O/c1-19-8-12-24(13-9-19)34-28-26(18-31-34)25(29(35)32-23-7-4-14-30-17-23)16-27(33-28)22-11-10-20-5-2-3-6-21(20)15-22/h2-18H,1H3,(H,32,35). The molecule has 3 heterocycles. The fraction of sp³-hybridized carbons (Fsp3) is 0.0345. The minimum atomic E-state index is -0.240. The minimum absolute atomic E-state index is 0.240. The summed E-state index contributed by atoms with van der Waals surface area (Å²) in [5.74, 6) is -0.240. The zero-order valence-electron chi connectivity index (χ0n) is 19.0. The van der Waals surface area contributed by atoms with Crippen molar-refractivity contribution in [1.82, 2.24) is 19.7 Å². The number of hydrogen-bond acceptors (Lipinski definition) is 4. The fourth-order valence-electron chi connectivity index (χ4n) is 4.19. The van der Waals surface area contributed by atoms with Gasteiger partial charge in [0.05, 0.1) is 40.4 Å². The molecule has 0 aliphatic rings. The molecular weight excluding hydrogens is 434 g/mol. The zero-order chi connectivity index (χ0) is 23.8. The number of nitrogens with one attached hydrogen (secondary N) is 1. The highest BCUT2D eigenvalue weighted by Gasteiger charge is 2.19. The number of carbonyl (C=O) groups is 1. The van der Waals surface area contributed by atoms with Gasteiger partial charge in [0.15, 0.2) is 5.65 Å². The van der Waals surface area contributed by atoms with Gasteiger partial charge in [0.1, 0.15) is 0 Å². The summed E-state index contributed by atoms with van der Waals surface area (Å²) in [4.78, 5) is 22.5. The highest BCUT2D eigenvalue weighted by atomic mass is 16.1. The fourth-order valence-corrected chi connectivity index (χ4v) is 4.19. The van der Waals surface area contributed by atoms with Gasteiger partial charge in [0.2, 0.25) is 0 Å². The number of amides is 1. The zero-order valence-corrected chi connectivity index (χ0v) is 19.0. The first-order valence-corrected chi connectivity index (χ1v) is 11.3. The van der Waals surface area contributed by atoms with Gasteiger partial charge in [-0.2, -0.15) is 5.10 Å². The molecule has 0 aliphatic carbocycles. The Labute approximate surface area is 201 Å². The monoisotopic (exact) mass is 455 g/mol. The van der Waals surface area contributed by atoms with Crippen LogP contribution in [0.25, 0.3) is 38.8 Å². The Bertz CT molecular complexity index is 1690. The van der Waals surface area contributed by atoms with E-state index < -0.39 is 0 Å². The van der Waals surface area contributed by atoms with E-state index in [1.54, 1.807) is 29.3 Å². The van der Waals surface area contributed by atoms with Gasteiger partial charge < -0.3 is 5.32 Å². The molecule has 0 unspecified atom stereocenters. The van der Waals surface area contributed by atoms with Crippen LogP contribution in [-0.2, 0) is 0 Å². The SMILES string of the molecule is Cc1ccc(-n2ncc3c(C(=O)Nc4cccnc4)cc(-c4ccc5ccccc5c4)nc32)cc1. The Balaban J connectivity index is 1.54. The summed E-state index contributed by atoms with van der Waals surface area (Å²) < 4.78 is 1.78. The molecule has 0 bridgehead atoms. The van der Waals surface area contributed by atoms with E-state index in [1.807, 2.05) is 61.5 Å². The number of aryl methyl sites for hydroxylation is 1. The first-order chi connectivity index (χ1) is 17.2. The molecule has 0 saturated heterocycles. The summed E-state index contributed by atoms with van der Waals surface area (Å²) in [6.45, 7) is 2.04. The summed E-state index contributed by atoms with van der Waals surface area (Å²) in [5.41, 5.74) is 5.42. The molecule has 3 aromatic heterocycles. The van der Waals surface area contributed by atoms with Crippen molar-refractivity contribution in [1.29, 1.82) is 0 Å². The van der Waals surface area contributed by atoms with Crippen molar-refractivity contribution in [2.45, 2.75) is 6.92 Å². The van der Waals surface area contributed by atoms with E-state index in [0.717, 1.165) is 27.6 Å². The van der Waals surface area contributed by atoms with Crippen LogP contribution in [0, 0.1) is 6.92 Å². The van der Waals surface area contributed by atoms with E-state index in [9.17, 15) is 4.79 Å². The topological polar surface area (TPSA) is 72.7 Å². The molecule has 1 N–H and O–H groups in total. The van der Waals surface area contributed by atoms with Crippen LogP contribution in [0.3, 0.4) is 0 Å². The van der Waals surface area contributed by atoms with Crippen molar-refractivity contribution in [2.75, 3.05) is 5.32 Å². The third-order valence-corrected chi connectivity index (χ3v) is 6.03. The first kappa shape index (κ1) is 20.7. The smallest absolute Gasteiger partial charge is 0.256 e. The van der Waals surface area contributed by atoms with Crippen LogP contribution in [0.5, 0.6) is 0 Å². The second kappa shape index (κ2) is 8.50. The lowest BCUT2D eigenvalue weighted by molar-refractivity contribution is 0.102. The maximum Gasteiger partial charge on any atom is 0.256 e. The number of rotatable bonds is 4. The summed E-state index contributed by atoms with van der Waals surface area (Å²) >= 11 is 0. The highest BCUT2D eigenvalue weighted by Crippen LogP contribution is 2.29. The van der Waals surface area contributed by atoms with Crippen molar-refractivity contribution >= 4 is 33.4 Å². The van der Waals surface area contributed by atoms with Crippen molar-refractivity contribution in [3.63, 3.8) is 0 Å². The Morgan fingerprint density at radius 3 is 2.49 bits per heavy atom. The number of hydrogen-bond donors (Lipinski definition) is 1. The molecule has 6 aromatic rings. The number of aromatic nitrogens is 4. The molecule has 0 aliphatic heterocycles. The lowest BCUT2D eigenvalue weighted by atomic mass is 10.0. The van der Waals surface area contributed by atoms with E-state index in [0.29, 0.717) is 28.0 Å². The molecule has 1 amide bonds. The first-order valence-electron chi connectivity index (χ1n) is 11.3. The summed E-state index contributed by atoms with van der Waals surface area (Å²) in [6.07, 6.45) is 4.99. The normalized spacial score (nSPS) is 11.1. The number of carbonyl (C=O) groups excluding carboxylic acids is 1. The van der Waals surface area contributed by atoms with Crippen molar-refractivity contribution in [2.24, 2.45) is 0 Å². The molecule has 35 heavy (non-hydrogen) atoms. The van der Waals surface area contributed by atoms with Gasteiger partial charge in [-0.15, -0.1) is 0 Å². The molecule has 0 fully saturated rings. The van der Waals surface area contributed by atoms with Crippen LogP contribution < -0.4 is 5.32 Å². The largest absolute Gasteiger partial charge is 0.321 e. The van der Waals surface area contributed by atoms with Crippen LogP contribution in [0.4, 0.5) is 5.69 Å². The van der Waals surface area contributed by atoms with E-state index in [1.165, 1.54) is 0 Å². The summed E-state index contributed by atoms with van der Waals surface area (Å²) in [5, 5.41) is 10.5. The Morgan fingerprint density at radius 2 is 1.69 bits per heavy atom.